The predicted molar refractivity (Wildman–Crippen MR) is 91.3 cm³/mol. The van der Waals surface area contributed by atoms with E-state index in [0.29, 0.717) is 24.3 Å². The van der Waals surface area contributed by atoms with Gasteiger partial charge < -0.3 is 10.0 Å². The molecule has 1 aromatic heterocycles. The molecule has 0 unspecified atom stereocenters. The Balaban J connectivity index is 2.00. The number of hydrogen-bond acceptors (Lipinski definition) is 5. The Morgan fingerprint density at radius 2 is 2.04 bits per heavy atom. The van der Waals surface area contributed by atoms with Crippen LogP contribution >= 0.6 is 11.3 Å². The Morgan fingerprint density at radius 1 is 1.28 bits per heavy atom. The molecule has 3 heterocycles. The average molecular weight is 362 g/mol. The van der Waals surface area contributed by atoms with Crippen molar-refractivity contribution in [1.82, 2.24) is 4.90 Å². The standard InChI is InChI=1S/C17H18N2O5S/c20-10-14(21)19(15-6-3-9-25-15)12-5-2-1-4-11-7-8-13(17(23)24)18(11)16(12)22/h1-3,6,9-13H,4-5,7-8H2,(H,23,24)/t11-,12+,13+/m1/s1. The van der Waals surface area contributed by atoms with E-state index in [1.807, 2.05) is 12.2 Å². The molecular weight excluding hydrogens is 344 g/mol. The molecule has 0 spiro atoms. The van der Waals surface area contributed by atoms with E-state index in [-0.39, 0.29) is 18.7 Å². The molecule has 0 saturated carbocycles. The van der Waals surface area contributed by atoms with E-state index in [1.165, 1.54) is 21.1 Å². The largest absolute Gasteiger partial charge is 0.480 e. The van der Waals surface area contributed by atoms with Gasteiger partial charge in [0.1, 0.15) is 12.1 Å². The molecule has 0 aliphatic carbocycles. The molecule has 2 aliphatic heterocycles. The monoisotopic (exact) mass is 362 g/mol. The number of carbonyl (C=O) groups is 4. The van der Waals surface area contributed by atoms with Crippen LogP contribution in [0.25, 0.3) is 0 Å². The zero-order valence-corrected chi connectivity index (χ0v) is 14.2. The van der Waals surface area contributed by atoms with Gasteiger partial charge in [0.05, 0.1) is 5.00 Å². The summed E-state index contributed by atoms with van der Waals surface area (Å²) in [5, 5.41) is 11.7. The summed E-state index contributed by atoms with van der Waals surface area (Å²) in [5.74, 6) is -2.26. The number of anilines is 1. The average Bonchev–Trinajstić information content (AvgIpc) is 3.24. The molecule has 0 bridgehead atoms. The number of rotatable bonds is 4. The number of carboxylic acids is 1. The third kappa shape index (κ3) is 3.21. The van der Waals surface area contributed by atoms with Crippen LogP contribution in [-0.4, -0.2) is 52.2 Å². The van der Waals surface area contributed by atoms with E-state index in [2.05, 4.69) is 0 Å². The second-order valence-electron chi connectivity index (χ2n) is 6.07. The Hall–Kier alpha value is -2.48. The van der Waals surface area contributed by atoms with Gasteiger partial charge in [0.25, 0.3) is 5.91 Å². The van der Waals surface area contributed by atoms with Crippen LogP contribution in [0, 0.1) is 0 Å². The highest BCUT2D eigenvalue weighted by atomic mass is 32.1. The summed E-state index contributed by atoms with van der Waals surface area (Å²) in [4.78, 5) is 50.6. The van der Waals surface area contributed by atoms with E-state index in [1.54, 1.807) is 17.5 Å². The van der Waals surface area contributed by atoms with E-state index in [9.17, 15) is 24.3 Å². The first kappa shape index (κ1) is 17.3. The smallest absolute Gasteiger partial charge is 0.326 e. The van der Waals surface area contributed by atoms with E-state index < -0.39 is 29.9 Å². The zero-order valence-electron chi connectivity index (χ0n) is 13.4. The number of aldehydes is 1. The Labute approximate surface area is 148 Å². The molecule has 3 atom stereocenters. The van der Waals surface area contributed by atoms with Gasteiger partial charge in [0, 0.05) is 6.04 Å². The van der Waals surface area contributed by atoms with Crippen LogP contribution < -0.4 is 4.90 Å². The lowest BCUT2D eigenvalue weighted by atomic mass is 10.0. The summed E-state index contributed by atoms with van der Waals surface area (Å²) in [6.45, 7) is 0. The summed E-state index contributed by atoms with van der Waals surface area (Å²) < 4.78 is 0. The maximum Gasteiger partial charge on any atom is 0.326 e. The van der Waals surface area contributed by atoms with E-state index in [4.69, 9.17) is 0 Å². The quantitative estimate of drug-likeness (QED) is 0.497. The van der Waals surface area contributed by atoms with Crippen LogP contribution in [0.15, 0.2) is 29.7 Å². The van der Waals surface area contributed by atoms with Gasteiger partial charge in [-0.2, -0.15) is 0 Å². The molecule has 3 rings (SSSR count). The summed E-state index contributed by atoms with van der Waals surface area (Å²) >= 11 is 1.25. The van der Waals surface area contributed by atoms with Crippen molar-refractivity contribution in [2.45, 2.75) is 43.8 Å². The molecule has 8 heteroatoms. The highest BCUT2D eigenvalue weighted by Crippen LogP contribution is 2.33. The first-order chi connectivity index (χ1) is 12.0. The first-order valence-corrected chi connectivity index (χ1v) is 8.94. The molecule has 2 amide bonds. The Morgan fingerprint density at radius 3 is 2.68 bits per heavy atom. The normalized spacial score (nSPS) is 25.8. The third-order valence-corrected chi connectivity index (χ3v) is 5.52. The minimum Gasteiger partial charge on any atom is -0.480 e. The highest BCUT2D eigenvalue weighted by molar-refractivity contribution is 7.14. The molecule has 132 valence electrons. The number of carboxylic acid groups (broad SMARTS) is 1. The van der Waals surface area contributed by atoms with Crippen LogP contribution in [0.4, 0.5) is 5.00 Å². The zero-order chi connectivity index (χ0) is 18.0. The van der Waals surface area contributed by atoms with Crippen LogP contribution in [0.1, 0.15) is 25.7 Å². The van der Waals surface area contributed by atoms with Gasteiger partial charge in [-0.15, -0.1) is 11.3 Å². The fourth-order valence-corrected chi connectivity index (χ4v) is 4.32. The van der Waals surface area contributed by atoms with Crippen molar-refractivity contribution in [3.05, 3.63) is 29.7 Å². The van der Waals surface area contributed by atoms with Crippen molar-refractivity contribution in [2.24, 2.45) is 0 Å². The SMILES string of the molecule is O=CC(=O)N(c1cccs1)[C@H]1CC=CC[C@@H]2CC[C@@H](C(=O)O)N2C1=O. The number of amides is 2. The minimum atomic E-state index is -1.04. The van der Waals surface area contributed by atoms with E-state index in [0.717, 1.165) is 0 Å². The number of thiophene rings is 1. The predicted octanol–water partition coefficient (Wildman–Crippen LogP) is 1.44. The van der Waals surface area contributed by atoms with Crippen molar-refractivity contribution in [3.63, 3.8) is 0 Å². The van der Waals surface area contributed by atoms with Crippen molar-refractivity contribution < 1.29 is 24.3 Å². The van der Waals surface area contributed by atoms with Crippen molar-refractivity contribution in [3.8, 4) is 0 Å². The van der Waals surface area contributed by atoms with Gasteiger partial charge in [-0.1, -0.05) is 12.2 Å². The van der Waals surface area contributed by atoms with Crippen LogP contribution in [0.2, 0.25) is 0 Å². The molecule has 1 saturated heterocycles. The molecule has 1 fully saturated rings. The molecule has 1 aromatic rings. The molecule has 0 aromatic carbocycles. The number of aliphatic carboxylic acids is 1. The lowest BCUT2D eigenvalue weighted by Gasteiger charge is -2.36. The molecule has 25 heavy (non-hydrogen) atoms. The van der Waals surface area contributed by atoms with E-state index >= 15 is 0 Å². The summed E-state index contributed by atoms with van der Waals surface area (Å²) in [6, 6.07) is 1.40. The van der Waals surface area contributed by atoms with Gasteiger partial charge in [0.15, 0.2) is 0 Å². The van der Waals surface area contributed by atoms with Gasteiger partial charge in [0.2, 0.25) is 12.2 Å². The van der Waals surface area contributed by atoms with Crippen molar-refractivity contribution >= 4 is 40.4 Å². The number of carbonyl (C=O) groups excluding carboxylic acids is 3. The molecule has 1 N–H and O–H groups in total. The fraction of sp³-hybridized carbons (Fsp3) is 0.412. The Bertz CT molecular complexity index is 715. The maximum absolute atomic E-state index is 13.2. The van der Waals surface area contributed by atoms with Gasteiger partial charge in [-0.05, 0) is 43.2 Å². The topological polar surface area (TPSA) is 95.0 Å². The molecule has 2 aliphatic rings. The van der Waals surface area contributed by atoms with Crippen molar-refractivity contribution in [2.75, 3.05) is 4.90 Å². The number of nitrogens with zero attached hydrogens (tertiary/aromatic N) is 2. The summed E-state index contributed by atoms with van der Waals surface area (Å²) in [5.41, 5.74) is 0. The molecule has 7 nitrogen and oxygen atoms in total. The second-order valence-corrected chi connectivity index (χ2v) is 6.99. The van der Waals surface area contributed by atoms with Crippen LogP contribution in [-0.2, 0) is 19.2 Å². The number of fused-ring (bicyclic) bond motifs is 1. The maximum atomic E-state index is 13.2. The summed E-state index contributed by atoms with van der Waals surface area (Å²) in [7, 11) is 0. The summed E-state index contributed by atoms with van der Waals surface area (Å²) in [6.07, 6.45) is 5.78. The van der Waals surface area contributed by atoms with Crippen LogP contribution in [0.3, 0.4) is 0 Å². The first-order valence-electron chi connectivity index (χ1n) is 8.06. The van der Waals surface area contributed by atoms with Gasteiger partial charge >= 0.3 is 5.97 Å². The fourth-order valence-electron chi connectivity index (χ4n) is 3.54. The molecule has 0 radical (unpaired) electrons. The van der Waals surface area contributed by atoms with Crippen LogP contribution in [0.5, 0.6) is 0 Å². The minimum absolute atomic E-state index is 0.186. The second kappa shape index (κ2) is 7.18. The molecular formula is C17H18N2O5S. The van der Waals surface area contributed by atoms with Crippen molar-refractivity contribution in [1.29, 1.82) is 0 Å². The highest BCUT2D eigenvalue weighted by Gasteiger charge is 2.45. The van der Waals surface area contributed by atoms with Gasteiger partial charge in [-0.3, -0.25) is 19.3 Å². The lowest BCUT2D eigenvalue weighted by Crippen LogP contribution is -2.56. The third-order valence-electron chi connectivity index (χ3n) is 4.65. The van der Waals surface area contributed by atoms with Gasteiger partial charge in [-0.25, -0.2) is 4.79 Å². The Kier molecular flexibility index (Phi) is 4.98. The lowest BCUT2D eigenvalue weighted by molar-refractivity contribution is -0.150. The number of hydrogen-bond donors (Lipinski definition) is 1.